The highest BCUT2D eigenvalue weighted by molar-refractivity contribution is 5.95. The Morgan fingerprint density at radius 1 is 1.56 bits per heavy atom. The standard InChI is InChI=1S/C12H16N2O2/c1-9-8-14(5-6-16-9)12(15)10-3-2-4-11(13)7-10/h2-4,7,9H,5-6,8,13H2,1H3/t9-/m1/s1. The first-order valence-corrected chi connectivity index (χ1v) is 5.43. The number of carbonyl (C=O) groups excluding carboxylic acids is 1. The minimum absolute atomic E-state index is 0.0300. The number of hydrogen-bond acceptors (Lipinski definition) is 3. The lowest BCUT2D eigenvalue weighted by Gasteiger charge is -2.31. The van der Waals surface area contributed by atoms with Gasteiger partial charge in [-0.1, -0.05) is 6.07 Å². The van der Waals surface area contributed by atoms with Crippen molar-refractivity contribution in [2.45, 2.75) is 13.0 Å². The number of nitrogen functional groups attached to an aromatic ring is 1. The fraction of sp³-hybridized carbons (Fsp3) is 0.417. The van der Waals surface area contributed by atoms with E-state index in [1.165, 1.54) is 0 Å². The molecular formula is C12H16N2O2. The highest BCUT2D eigenvalue weighted by atomic mass is 16.5. The highest BCUT2D eigenvalue weighted by Crippen LogP contribution is 2.12. The number of morpholine rings is 1. The maximum Gasteiger partial charge on any atom is 0.254 e. The zero-order chi connectivity index (χ0) is 11.5. The second kappa shape index (κ2) is 4.53. The molecule has 0 bridgehead atoms. The zero-order valence-corrected chi connectivity index (χ0v) is 9.35. The summed E-state index contributed by atoms with van der Waals surface area (Å²) in [6.45, 7) is 3.87. The van der Waals surface area contributed by atoms with Gasteiger partial charge in [0.2, 0.25) is 0 Å². The average Bonchev–Trinajstić information content (AvgIpc) is 2.28. The number of ether oxygens (including phenoxy) is 1. The lowest BCUT2D eigenvalue weighted by molar-refractivity contribution is -0.0124. The Bertz CT molecular complexity index is 392. The van der Waals surface area contributed by atoms with E-state index in [0.29, 0.717) is 30.9 Å². The van der Waals surface area contributed by atoms with Gasteiger partial charge in [-0.3, -0.25) is 4.79 Å². The van der Waals surface area contributed by atoms with Crippen LogP contribution in [0, 0.1) is 0 Å². The van der Waals surface area contributed by atoms with Crippen LogP contribution in [-0.2, 0) is 4.74 Å². The van der Waals surface area contributed by atoms with E-state index in [1.807, 2.05) is 11.8 Å². The minimum atomic E-state index is 0.0300. The summed E-state index contributed by atoms with van der Waals surface area (Å²) in [5.41, 5.74) is 6.92. The molecule has 4 nitrogen and oxygen atoms in total. The molecule has 0 spiro atoms. The summed E-state index contributed by atoms with van der Waals surface area (Å²) in [5.74, 6) is 0.0300. The maximum absolute atomic E-state index is 12.1. The minimum Gasteiger partial charge on any atom is -0.399 e. The van der Waals surface area contributed by atoms with Crippen LogP contribution in [0.25, 0.3) is 0 Å². The first kappa shape index (κ1) is 11.0. The number of amides is 1. The largest absolute Gasteiger partial charge is 0.399 e. The molecule has 1 amide bonds. The third kappa shape index (κ3) is 2.33. The van der Waals surface area contributed by atoms with Crippen molar-refractivity contribution in [1.82, 2.24) is 4.90 Å². The summed E-state index contributed by atoms with van der Waals surface area (Å²) >= 11 is 0. The van der Waals surface area contributed by atoms with Gasteiger partial charge in [0.1, 0.15) is 0 Å². The van der Waals surface area contributed by atoms with Crippen LogP contribution in [-0.4, -0.2) is 36.6 Å². The van der Waals surface area contributed by atoms with Gasteiger partial charge in [0, 0.05) is 24.3 Å². The molecule has 0 radical (unpaired) electrons. The summed E-state index contributed by atoms with van der Waals surface area (Å²) < 4.78 is 5.40. The summed E-state index contributed by atoms with van der Waals surface area (Å²) in [4.78, 5) is 13.9. The van der Waals surface area contributed by atoms with E-state index in [2.05, 4.69) is 0 Å². The van der Waals surface area contributed by atoms with Gasteiger partial charge in [-0.05, 0) is 25.1 Å². The predicted molar refractivity (Wildman–Crippen MR) is 62.2 cm³/mol. The Morgan fingerprint density at radius 3 is 3.06 bits per heavy atom. The van der Waals surface area contributed by atoms with Gasteiger partial charge in [-0.15, -0.1) is 0 Å². The molecule has 1 aliphatic heterocycles. The molecule has 16 heavy (non-hydrogen) atoms. The lowest BCUT2D eigenvalue weighted by atomic mass is 10.1. The van der Waals surface area contributed by atoms with Gasteiger partial charge in [0.05, 0.1) is 12.7 Å². The Kier molecular flexibility index (Phi) is 3.10. The number of rotatable bonds is 1. The van der Waals surface area contributed by atoms with Crippen molar-refractivity contribution < 1.29 is 9.53 Å². The van der Waals surface area contributed by atoms with Crippen LogP contribution in [0.5, 0.6) is 0 Å². The summed E-state index contributed by atoms with van der Waals surface area (Å²) in [6.07, 6.45) is 0.110. The van der Waals surface area contributed by atoms with E-state index in [-0.39, 0.29) is 12.0 Å². The van der Waals surface area contributed by atoms with Gasteiger partial charge in [-0.25, -0.2) is 0 Å². The Balaban J connectivity index is 2.12. The molecule has 0 unspecified atom stereocenters. The number of hydrogen-bond donors (Lipinski definition) is 1. The first-order valence-electron chi connectivity index (χ1n) is 5.43. The van der Waals surface area contributed by atoms with Crippen LogP contribution in [0.4, 0.5) is 5.69 Å². The van der Waals surface area contributed by atoms with E-state index in [0.717, 1.165) is 0 Å². The zero-order valence-electron chi connectivity index (χ0n) is 9.35. The molecule has 0 aliphatic carbocycles. The van der Waals surface area contributed by atoms with Crippen molar-refractivity contribution >= 4 is 11.6 Å². The van der Waals surface area contributed by atoms with E-state index < -0.39 is 0 Å². The number of carbonyl (C=O) groups is 1. The Morgan fingerprint density at radius 2 is 2.38 bits per heavy atom. The Labute approximate surface area is 95.0 Å². The normalized spacial score (nSPS) is 20.8. The molecule has 2 N–H and O–H groups in total. The van der Waals surface area contributed by atoms with Crippen molar-refractivity contribution in [3.8, 4) is 0 Å². The van der Waals surface area contributed by atoms with Crippen LogP contribution in [0.15, 0.2) is 24.3 Å². The summed E-state index contributed by atoms with van der Waals surface area (Å²) in [7, 11) is 0. The summed E-state index contributed by atoms with van der Waals surface area (Å²) in [5, 5.41) is 0. The first-order chi connectivity index (χ1) is 7.66. The van der Waals surface area contributed by atoms with Crippen molar-refractivity contribution in [1.29, 1.82) is 0 Å². The molecule has 86 valence electrons. The molecule has 1 heterocycles. The second-order valence-electron chi connectivity index (χ2n) is 4.06. The molecular weight excluding hydrogens is 204 g/mol. The summed E-state index contributed by atoms with van der Waals surface area (Å²) in [6, 6.07) is 7.08. The van der Waals surface area contributed by atoms with Crippen LogP contribution >= 0.6 is 0 Å². The fourth-order valence-electron chi connectivity index (χ4n) is 1.86. The van der Waals surface area contributed by atoms with Gasteiger partial charge < -0.3 is 15.4 Å². The quantitative estimate of drug-likeness (QED) is 0.722. The van der Waals surface area contributed by atoms with E-state index in [9.17, 15) is 4.79 Å². The van der Waals surface area contributed by atoms with Gasteiger partial charge in [0.15, 0.2) is 0 Å². The molecule has 1 atom stereocenters. The molecule has 1 fully saturated rings. The molecule has 4 heteroatoms. The third-order valence-electron chi connectivity index (χ3n) is 2.66. The van der Waals surface area contributed by atoms with Gasteiger partial charge in [-0.2, -0.15) is 0 Å². The smallest absolute Gasteiger partial charge is 0.254 e. The Hall–Kier alpha value is -1.55. The maximum atomic E-state index is 12.1. The van der Waals surface area contributed by atoms with Crippen molar-refractivity contribution in [2.24, 2.45) is 0 Å². The van der Waals surface area contributed by atoms with Crippen molar-refractivity contribution in [3.63, 3.8) is 0 Å². The lowest BCUT2D eigenvalue weighted by Crippen LogP contribution is -2.44. The van der Waals surface area contributed by atoms with Crippen LogP contribution < -0.4 is 5.73 Å². The SMILES string of the molecule is C[C@@H]1CN(C(=O)c2cccc(N)c2)CCO1. The molecule has 1 aromatic rings. The monoisotopic (exact) mass is 220 g/mol. The second-order valence-corrected chi connectivity index (χ2v) is 4.06. The van der Waals surface area contributed by atoms with Crippen LogP contribution in [0.2, 0.25) is 0 Å². The molecule has 1 aliphatic rings. The molecule has 1 saturated heterocycles. The molecule has 0 saturated carbocycles. The van der Waals surface area contributed by atoms with E-state index in [4.69, 9.17) is 10.5 Å². The van der Waals surface area contributed by atoms with E-state index >= 15 is 0 Å². The van der Waals surface area contributed by atoms with E-state index in [1.54, 1.807) is 24.3 Å². The number of nitrogens with two attached hydrogens (primary N) is 1. The molecule has 2 rings (SSSR count). The number of nitrogens with zero attached hydrogens (tertiary/aromatic N) is 1. The topological polar surface area (TPSA) is 55.6 Å². The van der Waals surface area contributed by atoms with Crippen molar-refractivity contribution in [2.75, 3.05) is 25.4 Å². The molecule has 0 aromatic heterocycles. The highest BCUT2D eigenvalue weighted by Gasteiger charge is 2.22. The third-order valence-corrected chi connectivity index (χ3v) is 2.66. The van der Waals surface area contributed by atoms with Crippen LogP contribution in [0.1, 0.15) is 17.3 Å². The number of benzene rings is 1. The number of anilines is 1. The predicted octanol–water partition coefficient (Wildman–Crippen LogP) is 1.13. The van der Waals surface area contributed by atoms with Gasteiger partial charge in [0.25, 0.3) is 5.91 Å². The fourth-order valence-corrected chi connectivity index (χ4v) is 1.86. The molecule has 1 aromatic carbocycles. The van der Waals surface area contributed by atoms with Crippen molar-refractivity contribution in [3.05, 3.63) is 29.8 Å². The average molecular weight is 220 g/mol. The van der Waals surface area contributed by atoms with Crippen LogP contribution in [0.3, 0.4) is 0 Å². The van der Waals surface area contributed by atoms with Gasteiger partial charge >= 0.3 is 0 Å².